The molecule has 2 aromatic carbocycles. The second-order valence-electron chi connectivity index (χ2n) is 8.33. The largest absolute Gasteiger partial charge is 0.497 e. The summed E-state index contributed by atoms with van der Waals surface area (Å²) in [5.74, 6) is 1.53. The zero-order valence-corrected chi connectivity index (χ0v) is 19.8. The molecule has 0 aliphatic rings. The van der Waals surface area contributed by atoms with Crippen LogP contribution in [0.5, 0.6) is 11.5 Å². The molecule has 0 aliphatic heterocycles. The van der Waals surface area contributed by atoms with Crippen LogP contribution in [0.1, 0.15) is 20.8 Å². The first-order valence-corrected chi connectivity index (χ1v) is 10.9. The second kappa shape index (κ2) is 11.0. The van der Waals surface area contributed by atoms with E-state index < -0.39 is 0 Å². The molecule has 3 aromatic rings. The third-order valence-corrected chi connectivity index (χ3v) is 4.99. The van der Waals surface area contributed by atoms with Gasteiger partial charge in [0.15, 0.2) is 0 Å². The Labute approximate surface area is 193 Å². The molecule has 1 aromatic heterocycles. The predicted molar refractivity (Wildman–Crippen MR) is 128 cm³/mol. The minimum absolute atomic E-state index is 0.0454. The van der Waals surface area contributed by atoms with Gasteiger partial charge in [0.2, 0.25) is 5.91 Å². The fourth-order valence-corrected chi connectivity index (χ4v) is 3.50. The van der Waals surface area contributed by atoms with Crippen LogP contribution in [0.3, 0.4) is 0 Å². The number of hydrogen-bond donors (Lipinski definition) is 1. The van der Waals surface area contributed by atoms with E-state index in [9.17, 15) is 9.59 Å². The highest BCUT2D eigenvalue weighted by molar-refractivity contribution is 5.83. The van der Waals surface area contributed by atoms with Gasteiger partial charge in [-0.05, 0) is 44.2 Å². The smallest absolute Gasteiger partial charge is 0.262 e. The molecule has 8 nitrogen and oxygen atoms in total. The molecule has 0 radical (unpaired) electrons. The molecule has 1 atom stereocenters. The predicted octanol–water partition coefficient (Wildman–Crippen LogP) is 3.26. The van der Waals surface area contributed by atoms with Gasteiger partial charge in [-0.3, -0.25) is 14.2 Å². The zero-order valence-electron chi connectivity index (χ0n) is 19.8. The van der Waals surface area contributed by atoms with Crippen LogP contribution in [0.2, 0.25) is 0 Å². The monoisotopic (exact) mass is 453 g/mol. The number of amides is 1. The van der Waals surface area contributed by atoms with Crippen LogP contribution >= 0.6 is 0 Å². The minimum atomic E-state index is -0.313. The van der Waals surface area contributed by atoms with Gasteiger partial charge in [-0.25, -0.2) is 4.98 Å². The minimum Gasteiger partial charge on any atom is -0.497 e. The summed E-state index contributed by atoms with van der Waals surface area (Å²) < 4.78 is 17.7. The van der Waals surface area contributed by atoms with Gasteiger partial charge < -0.3 is 19.5 Å². The van der Waals surface area contributed by atoms with Crippen LogP contribution < -0.4 is 20.3 Å². The molecule has 0 aliphatic carbocycles. The van der Waals surface area contributed by atoms with Gasteiger partial charge in [0, 0.05) is 24.6 Å². The van der Waals surface area contributed by atoms with Gasteiger partial charge in [0.25, 0.3) is 5.56 Å². The maximum Gasteiger partial charge on any atom is 0.262 e. The van der Waals surface area contributed by atoms with E-state index in [-0.39, 0.29) is 30.0 Å². The van der Waals surface area contributed by atoms with Crippen molar-refractivity contribution in [3.63, 3.8) is 0 Å². The molecule has 0 unspecified atom stereocenters. The first kappa shape index (κ1) is 24.3. The Morgan fingerprint density at radius 3 is 2.55 bits per heavy atom. The van der Waals surface area contributed by atoms with Crippen molar-refractivity contribution in [3.05, 3.63) is 52.8 Å². The normalized spacial score (nSPS) is 12.1. The van der Waals surface area contributed by atoms with Crippen LogP contribution in [0, 0.1) is 5.92 Å². The van der Waals surface area contributed by atoms with Gasteiger partial charge >= 0.3 is 0 Å². The average Bonchev–Trinajstić information content (AvgIpc) is 2.79. The number of nitrogens with one attached hydrogen (secondary N) is 1. The molecule has 0 spiro atoms. The van der Waals surface area contributed by atoms with Crippen molar-refractivity contribution >= 4 is 16.8 Å². The van der Waals surface area contributed by atoms with Crippen molar-refractivity contribution in [2.45, 2.75) is 33.4 Å². The molecule has 1 N–H and O–H groups in total. The van der Waals surface area contributed by atoms with Crippen LogP contribution in [0.25, 0.3) is 22.3 Å². The number of carbonyl (C=O) groups is 1. The highest BCUT2D eigenvalue weighted by atomic mass is 16.5. The van der Waals surface area contributed by atoms with E-state index in [1.54, 1.807) is 38.5 Å². The van der Waals surface area contributed by atoms with Gasteiger partial charge in [0.1, 0.15) is 23.9 Å². The average molecular weight is 454 g/mol. The SMILES string of the molecule is COC[C@H](C)COc1ccc2nc(-c3cccc(OC)c3)n(CC(=O)NC(C)C)c(=O)c2c1. The quantitative estimate of drug-likeness (QED) is 0.507. The lowest BCUT2D eigenvalue weighted by Crippen LogP contribution is -2.37. The van der Waals surface area contributed by atoms with Crippen molar-refractivity contribution in [3.8, 4) is 22.9 Å². The van der Waals surface area contributed by atoms with Crippen molar-refractivity contribution < 1.29 is 19.0 Å². The molecule has 1 heterocycles. The Morgan fingerprint density at radius 2 is 1.85 bits per heavy atom. The zero-order chi connectivity index (χ0) is 24.0. The van der Waals surface area contributed by atoms with Crippen LogP contribution in [0.4, 0.5) is 0 Å². The molecule has 3 rings (SSSR count). The lowest BCUT2D eigenvalue weighted by Gasteiger charge is -2.16. The van der Waals surface area contributed by atoms with Crippen LogP contribution in [-0.2, 0) is 16.1 Å². The summed E-state index contributed by atoms with van der Waals surface area (Å²) in [5.41, 5.74) is 0.891. The molecular formula is C25H31N3O5. The number of carbonyl (C=O) groups excluding carboxylic acids is 1. The van der Waals surface area contributed by atoms with Crippen LogP contribution in [-0.4, -0.2) is 48.9 Å². The number of methoxy groups -OCH3 is 2. The molecule has 176 valence electrons. The summed E-state index contributed by atoms with van der Waals surface area (Å²) in [7, 11) is 3.22. The summed E-state index contributed by atoms with van der Waals surface area (Å²) in [6.07, 6.45) is 0. The van der Waals surface area contributed by atoms with Crippen molar-refractivity contribution in [2.24, 2.45) is 5.92 Å². The van der Waals surface area contributed by atoms with Crippen LogP contribution in [0.15, 0.2) is 47.3 Å². The highest BCUT2D eigenvalue weighted by Crippen LogP contribution is 2.25. The molecule has 0 saturated carbocycles. The molecule has 33 heavy (non-hydrogen) atoms. The Hall–Kier alpha value is -3.39. The van der Waals surface area contributed by atoms with E-state index in [0.717, 1.165) is 0 Å². The fraction of sp³-hybridized carbons (Fsp3) is 0.400. The molecule has 0 saturated heterocycles. The summed E-state index contributed by atoms with van der Waals surface area (Å²) in [4.78, 5) is 30.8. The van der Waals surface area contributed by atoms with E-state index in [4.69, 9.17) is 19.2 Å². The van der Waals surface area contributed by atoms with Gasteiger partial charge in [-0.1, -0.05) is 19.1 Å². The van der Waals surface area contributed by atoms with E-state index >= 15 is 0 Å². The van der Waals surface area contributed by atoms with Crippen molar-refractivity contribution in [1.82, 2.24) is 14.9 Å². The maximum atomic E-state index is 13.5. The maximum absolute atomic E-state index is 13.5. The van der Waals surface area contributed by atoms with E-state index in [0.29, 0.717) is 47.0 Å². The topological polar surface area (TPSA) is 91.7 Å². The molecular weight excluding hydrogens is 422 g/mol. The Balaban J connectivity index is 2.08. The molecule has 0 bridgehead atoms. The fourth-order valence-electron chi connectivity index (χ4n) is 3.50. The lowest BCUT2D eigenvalue weighted by atomic mass is 10.1. The number of nitrogens with zero attached hydrogens (tertiary/aromatic N) is 2. The second-order valence-corrected chi connectivity index (χ2v) is 8.33. The summed E-state index contributed by atoms with van der Waals surface area (Å²) >= 11 is 0. The summed E-state index contributed by atoms with van der Waals surface area (Å²) in [6, 6.07) is 12.4. The highest BCUT2D eigenvalue weighted by Gasteiger charge is 2.17. The number of aromatic nitrogens is 2. The standard InChI is InChI=1S/C25H31N3O5/c1-16(2)26-23(29)13-28-24(18-7-6-8-19(11-18)32-5)27-22-10-9-20(12-21(22)25(28)30)33-15-17(3)14-31-4/h6-12,16-17H,13-15H2,1-5H3,(H,26,29)/t17-/m0/s1. The first-order valence-electron chi connectivity index (χ1n) is 10.9. The Kier molecular flexibility index (Phi) is 8.06. The number of ether oxygens (including phenoxy) is 3. The van der Waals surface area contributed by atoms with Gasteiger partial charge in [-0.2, -0.15) is 0 Å². The molecule has 0 fully saturated rings. The van der Waals surface area contributed by atoms with Crippen molar-refractivity contribution in [1.29, 1.82) is 0 Å². The van der Waals surface area contributed by atoms with E-state index in [1.807, 2.05) is 39.0 Å². The number of rotatable bonds is 10. The summed E-state index contributed by atoms with van der Waals surface area (Å²) in [6.45, 7) is 6.65. The Morgan fingerprint density at radius 1 is 1.06 bits per heavy atom. The van der Waals surface area contributed by atoms with E-state index in [1.165, 1.54) is 4.57 Å². The molecule has 1 amide bonds. The number of hydrogen-bond acceptors (Lipinski definition) is 6. The third-order valence-electron chi connectivity index (χ3n) is 4.99. The van der Waals surface area contributed by atoms with Gasteiger partial charge in [-0.15, -0.1) is 0 Å². The molecule has 8 heteroatoms. The lowest BCUT2D eigenvalue weighted by molar-refractivity contribution is -0.122. The van der Waals surface area contributed by atoms with Gasteiger partial charge in [0.05, 0.1) is 31.2 Å². The summed E-state index contributed by atoms with van der Waals surface area (Å²) in [5, 5.41) is 3.22. The number of benzene rings is 2. The third kappa shape index (κ3) is 6.10. The van der Waals surface area contributed by atoms with E-state index in [2.05, 4.69) is 5.32 Å². The Bertz CT molecular complexity index is 1170. The van der Waals surface area contributed by atoms with Crippen molar-refractivity contribution in [2.75, 3.05) is 27.4 Å². The number of fused-ring (bicyclic) bond motifs is 1. The first-order chi connectivity index (χ1) is 15.8.